The Morgan fingerprint density at radius 2 is 2.50 bits per heavy atom. The van der Waals surface area contributed by atoms with Gasteiger partial charge < -0.3 is 9.57 Å². The molecule has 2 aliphatic heterocycles. The molecule has 10 heavy (non-hydrogen) atoms. The van der Waals surface area contributed by atoms with Crippen molar-refractivity contribution >= 4 is 5.71 Å². The first-order valence-electron chi connectivity index (χ1n) is 3.59. The molecule has 56 valence electrons. The molecule has 3 heteroatoms. The monoisotopic (exact) mass is 141 g/mol. The zero-order chi connectivity index (χ0) is 7.19. The highest BCUT2D eigenvalue weighted by Crippen LogP contribution is 2.38. The highest BCUT2D eigenvalue weighted by molar-refractivity contribution is 5.86. The summed E-state index contributed by atoms with van der Waals surface area (Å²) in [5.41, 5.74) is 1.07. The third kappa shape index (κ3) is 0.611. The van der Waals surface area contributed by atoms with Gasteiger partial charge in [0.2, 0.25) is 5.79 Å². The lowest BCUT2D eigenvalue weighted by molar-refractivity contribution is -0.194. The van der Waals surface area contributed by atoms with E-state index in [9.17, 15) is 0 Å². The maximum Gasteiger partial charge on any atom is 0.242 e. The Hall–Kier alpha value is -0.570. The van der Waals surface area contributed by atoms with Crippen molar-refractivity contribution in [3.05, 3.63) is 0 Å². The van der Waals surface area contributed by atoms with Crippen LogP contribution in [0.25, 0.3) is 0 Å². The molecule has 0 aromatic carbocycles. The van der Waals surface area contributed by atoms with E-state index in [0.29, 0.717) is 5.92 Å². The molecular formula is C7H11NO2. The lowest BCUT2D eigenvalue weighted by Gasteiger charge is -2.19. The van der Waals surface area contributed by atoms with E-state index >= 15 is 0 Å². The van der Waals surface area contributed by atoms with Gasteiger partial charge in [-0.25, -0.2) is 0 Å². The average molecular weight is 141 g/mol. The van der Waals surface area contributed by atoms with Crippen LogP contribution in [0.4, 0.5) is 0 Å². The fourth-order valence-corrected chi connectivity index (χ4v) is 1.65. The first-order chi connectivity index (χ1) is 4.72. The predicted molar refractivity (Wildman–Crippen MR) is 36.7 cm³/mol. The lowest BCUT2D eigenvalue weighted by Crippen LogP contribution is -2.31. The van der Waals surface area contributed by atoms with Crippen LogP contribution in [0.15, 0.2) is 5.16 Å². The SMILES string of the molecule is CC1=NOC2(C)OCCC12. The van der Waals surface area contributed by atoms with Gasteiger partial charge in [0.15, 0.2) is 0 Å². The van der Waals surface area contributed by atoms with E-state index < -0.39 is 5.79 Å². The zero-order valence-electron chi connectivity index (χ0n) is 6.26. The first-order valence-corrected chi connectivity index (χ1v) is 3.59. The van der Waals surface area contributed by atoms with Crippen molar-refractivity contribution in [1.82, 2.24) is 0 Å². The Morgan fingerprint density at radius 1 is 1.70 bits per heavy atom. The highest BCUT2D eigenvalue weighted by atomic mass is 16.8. The van der Waals surface area contributed by atoms with Gasteiger partial charge in [-0.1, -0.05) is 5.16 Å². The van der Waals surface area contributed by atoms with Crippen LogP contribution in [-0.2, 0) is 9.57 Å². The van der Waals surface area contributed by atoms with E-state index in [2.05, 4.69) is 5.16 Å². The number of oxime groups is 1. The maximum absolute atomic E-state index is 5.40. The van der Waals surface area contributed by atoms with Crippen molar-refractivity contribution in [2.45, 2.75) is 26.1 Å². The number of hydrogen-bond acceptors (Lipinski definition) is 3. The molecule has 0 saturated carbocycles. The molecule has 2 heterocycles. The van der Waals surface area contributed by atoms with E-state index in [1.807, 2.05) is 13.8 Å². The summed E-state index contributed by atoms with van der Waals surface area (Å²) in [7, 11) is 0. The quantitative estimate of drug-likeness (QED) is 0.506. The van der Waals surface area contributed by atoms with E-state index in [4.69, 9.17) is 9.57 Å². The van der Waals surface area contributed by atoms with Gasteiger partial charge in [0, 0.05) is 6.92 Å². The molecule has 0 N–H and O–H groups in total. The maximum atomic E-state index is 5.40. The fraction of sp³-hybridized carbons (Fsp3) is 0.857. The minimum Gasteiger partial charge on any atom is -0.360 e. The molecule has 2 aliphatic rings. The summed E-state index contributed by atoms with van der Waals surface area (Å²) in [6, 6.07) is 0. The molecule has 3 nitrogen and oxygen atoms in total. The minimum atomic E-state index is -0.427. The molecular weight excluding hydrogens is 130 g/mol. The predicted octanol–water partition coefficient (Wildman–Crippen LogP) is 1.15. The van der Waals surface area contributed by atoms with Crippen LogP contribution in [0, 0.1) is 5.92 Å². The third-order valence-corrected chi connectivity index (χ3v) is 2.30. The summed E-state index contributed by atoms with van der Waals surface area (Å²) < 4.78 is 5.40. The van der Waals surface area contributed by atoms with Crippen LogP contribution >= 0.6 is 0 Å². The molecule has 0 aromatic rings. The van der Waals surface area contributed by atoms with Gasteiger partial charge in [-0.15, -0.1) is 0 Å². The van der Waals surface area contributed by atoms with Crippen molar-refractivity contribution in [3.63, 3.8) is 0 Å². The van der Waals surface area contributed by atoms with Crippen molar-refractivity contribution in [1.29, 1.82) is 0 Å². The summed E-state index contributed by atoms with van der Waals surface area (Å²) in [5, 5.41) is 3.88. The largest absolute Gasteiger partial charge is 0.360 e. The molecule has 0 aliphatic carbocycles. The van der Waals surface area contributed by atoms with Gasteiger partial charge in [0.1, 0.15) is 0 Å². The standard InChI is InChI=1S/C7H11NO2/c1-5-6-3-4-9-7(6,2)10-8-5/h6H,3-4H2,1-2H3. The second-order valence-electron chi connectivity index (χ2n) is 3.03. The minimum absolute atomic E-state index is 0.396. The van der Waals surface area contributed by atoms with Crippen molar-refractivity contribution in [3.8, 4) is 0 Å². The molecule has 2 rings (SSSR count). The third-order valence-electron chi connectivity index (χ3n) is 2.30. The second-order valence-corrected chi connectivity index (χ2v) is 3.03. The molecule has 0 amide bonds. The van der Waals surface area contributed by atoms with Gasteiger partial charge in [-0.05, 0) is 13.3 Å². The van der Waals surface area contributed by atoms with Crippen LogP contribution in [0.1, 0.15) is 20.3 Å². The zero-order valence-corrected chi connectivity index (χ0v) is 6.26. The number of fused-ring (bicyclic) bond motifs is 1. The molecule has 2 atom stereocenters. The summed E-state index contributed by atoms with van der Waals surface area (Å²) in [6.45, 7) is 4.74. The van der Waals surface area contributed by atoms with Crippen molar-refractivity contribution in [2.24, 2.45) is 11.1 Å². The first kappa shape index (κ1) is 6.16. The van der Waals surface area contributed by atoms with E-state index in [-0.39, 0.29) is 0 Å². The number of rotatable bonds is 0. The Labute approximate surface area is 60.0 Å². The van der Waals surface area contributed by atoms with Crippen molar-refractivity contribution in [2.75, 3.05) is 6.61 Å². The molecule has 0 radical (unpaired) electrons. The van der Waals surface area contributed by atoms with Crippen LogP contribution < -0.4 is 0 Å². The molecule has 2 unspecified atom stereocenters. The van der Waals surface area contributed by atoms with Gasteiger partial charge in [-0.2, -0.15) is 0 Å². The Kier molecular flexibility index (Phi) is 1.06. The summed E-state index contributed by atoms with van der Waals surface area (Å²) >= 11 is 0. The highest BCUT2D eigenvalue weighted by Gasteiger charge is 2.48. The van der Waals surface area contributed by atoms with Crippen LogP contribution in [0.5, 0.6) is 0 Å². The molecule has 0 spiro atoms. The number of nitrogens with zero attached hydrogens (tertiary/aromatic N) is 1. The van der Waals surface area contributed by atoms with Crippen LogP contribution in [-0.4, -0.2) is 18.1 Å². The van der Waals surface area contributed by atoms with Gasteiger partial charge >= 0.3 is 0 Å². The molecule has 0 aromatic heterocycles. The van der Waals surface area contributed by atoms with Gasteiger partial charge in [0.05, 0.1) is 18.2 Å². The Balaban J connectivity index is 2.27. The smallest absolute Gasteiger partial charge is 0.242 e. The molecule has 1 fully saturated rings. The van der Waals surface area contributed by atoms with E-state index in [0.717, 1.165) is 18.7 Å². The van der Waals surface area contributed by atoms with Gasteiger partial charge in [-0.3, -0.25) is 0 Å². The topological polar surface area (TPSA) is 30.8 Å². The van der Waals surface area contributed by atoms with Gasteiger partial charge in [0.25, 0.3) is 0 Å². The van der Waals surface area contributed by atoms with Crippen LogP contribution in [0.2, 0.25) is 0 Å². The number of hydrogen-bond donors (Lipinski definition) is 0. The van der Waals surface area contributed by atoms with Crippen LogP contribution in [0.3, 0.4) is 0 Å². The second kappa shape index (κ2) is 1.72. The van der Waals surface area contributed by atoms with E-state index in [1.54, 1.807) is 0 Å². The van der Waals surface area contributed by atoms with Crippen molar-refractivity contribution < 1.29 is 9.57 Å². The molecule has 0 bridgehead atoms. The Bertz CT molecular complexity index is 190. The summed E-state index contributed by atoms with van der Waals surface area (Å²) in [5.74, 6) is -0.0307. The summed E-state index contributed by atoms with van der Waals surface area (Å²) in [6.07, 6.45) is 1.05. The Morgan fingerprint density at radius 3 is 3.20 bits per heavy atom. The summed E-state index contributed by atoms with van der Waals surface area (Å²) in [4.78, 5) is 5.14. The normalized spacial score (nSPS) is 44.6. The van der Waals surface area contributed by atoms with E-state index in [1.165, 1.54) is 0 Å². The fourth-order valence-electron chi connectivity index (χ4n) is 1.65. The average Bonchev–Trinajstić information content (AvgIpc) is 2.35. The lowest BCUT2D eigenvalue weighted by atomic mass is 9.96. The number of ether oxygens (including phenoxy) is 1. The molecule has 1 saturated heterocycles.